The summed E-state index contributed by atoms with van der Waals surface area (Å²) < 4.78 is 5.19. The highest BCUT2D eigenvalue weighted by atomic mass is 16.3. The number of H-pyrrole nitrogens is 1. The number of nitrogens with zero attached hydrogens (tertiary/aromatic N) is 1. The summed E-state index contributed by atoms with van der Waals surface area (Å²) in [4.78, 5) is 0. The van der Waals surface area contributed by atoms with Gasteiger partial charge < -0.3 is 10.2 Å². The predicted molar refractivity (Wildman–Crippen MR) is 42.2 cm³/mol. The van der Waals surface area contributed by atoms with E-state index in [0.29, 0.717) is 5.69 Å². The molecule has 0 aliphatic heterocycles. The molecule has 0 radical (unpaired) electrons. The molecule has 0 saturated carbocycles. The van der Waals surface area contributed by atoms with Gasteiger partial charge in [0.2, 0.25) is 0 Å². The Morgan fingerprint density at radius 2 is 2.55 bits per heavy atom. The number of nitrogens with two attached hydrogens (primary N) is 1. The second-order valence-electron chi connectivity index (χ2n) is 2.42. The summed E-state index contributed by atoms with van der Waals surface area (Å²) in [5, 5.41) is 6.87. The third-order valence-corrected chi connectivity index (χ3v) is 1.72. The lowest BCUT2D eigenvalue weighted by atomic mass is 10.3. The SMILES string of the molecule is CCc1[nH]nc2c(N)coc12. The van der Waals surface area contributed by atoms with Gasteiger partial charge in [0.1, 0.15) is 6.26 Å². The number of furan rings is 1. The van der Waals surface area contributed by atoms with Gasteiger partial charge >= 0.3 is 0 Å². The minimum Gasteiger partial charge on any atom is -0.458 e. The standard InChI is InChI=1S/C7H9N3O/c1-2-5-7-6(10-9-5)4(8)3-11-7/h3H,2,8H2,1H3,(H,9,10). The molecule has 0 amide bonds. The highest BCUT2D eigenvalue weighted by molar-refractivity contribution is 5.86. The van der Waals surface area contributed by atoms with Crippen LogP contribution in [-0.4, -0.2) is 10.2 Å². The van der Waals surface area contributed by atoms with Gasteiger partial charge in [0, 0.05) is 0 Å². The summed E-state index contributed by atoms with van der Waals surface area (Å²) in [5.74, 6) is 0. The predicted octanol–water partition coefficient (Wildman–Crippen LogP) is 1.30. The van der Waals surface area contributed by atoms with Crippen LogP contribution in [0, 0.1) is 0 Å². The van der Waals surface area contributed by atoms with E-state index in [1.54, 1.807) is 0 Å². The first kappa shape index (κ1) is 6.27. The van der Waals surface area contributed by atoms with Crippen LogP contribution in [0.3, 0.4) is 0 Å². The molecule has 0 atom stereocenters. The highest BCUT2D eigenvalue weighted by Crippen LogP contribution is 2.23. The lowest BCUT2D eigenvalue weighted by Gasteiger charge is -1.83. The van der Waals surface area contributed by atoms with Gasteiger partial charge in [0.25, 0.3) is 0 Å². The van der Waals surface area contributed by atoms with E-state index in [2.05, 4.69) is 10.2 Å². The molecule has 0 aromatic carbocycles. The number of aromatic amines is 1. The monoisotopic (exact) mass is 151 g/mol. The van der Waals surface area contributed by atoms with Gasteiger partial charge in [-0.25, -0.2) is 0 Å². The fourth-order valence-electron chi connectivity index (χ4n) is 1.11. The maximum Gasteiger partial charge on any atom is 0.177 e. The number of nitrogen functional groups attached to an aromatic ring is 1. The Bertz CT molecular complexity index is 374. The number of hydrogen-bond acceptors (Lipinski definition) is 3. The van der Waals surface area contributed by atoms with Crippen LogP contribution in [-0.2, 0) is 6.42 Å². The Kier molecular flexibility index (Phi) is 1.15. The van der Waals surface area contributed by atoms with Crippen LogP contribution in [0.25, 0.3) is 11.1 Å². The van der Waals surface area contributed by atoms with Crippen molar-refractivity contribution >= 4 is 16.8 Å². The molecule has 4 heteroatoms. The zero-order valence-corrected chi connectivity index (χ0v) is 6.22. The molecule has 58 valence electrons. The van der Waals surface area contributed by atoms with Crippen molar-refractivity contribution in [2.24, 2.45) is 0 Å². The van der Waals surface area contributed by atoms with E-state index < -0.39 is 0 Å². The molecule has 3 N–H and O–H groups in total. The van der Waals surface area contributed by atoms with Gasteiger partial charge in [-0.05, 0) is 6.42 Å². The zero-order chi connectivity index (χ0) is 7.84. The third kappa shape index (κ3) is 0.721. The van der Waals surface area contributed by atoms with Crippen LogP contribution < -0.4 is 5.73 Å². The maximum atomic E-state index is 5.57. The van der Waals surface area contributed by atoms with Crippen LogP contribution >= 0.6 is 0 Å². The van der Waals surface area contributed by atoms with Crippen LogP contribution in [0.15, 0.2) is 10.7 Å². The van der Waals surface area contributed by atoms with Crippen molar-refractivity contribution in [2.75, 3.05) is 5.73 Å². The van der Waals surface area contributed by atoms with E-state index in [1.165, 1.54) is 6.26 Å². The Labute approximate surface area is 63.4 Å². The van der Waals surface area contributed by atoms with Crippen molar-refractivity contribution in [2.45, 2.75) is 13.3 Å². The van der Waals surface area contributed by atoms with Gasteiger partial charge in [0.15, 0.2) is 11.1 Å². The van der Waals surface area contributed by atoms with E-state index in [4.69, 9.17) is 10.2 Å². The van der Waals surface area contributed by atoms with Gasteiger partial charge in [-0.1, -0.05) is 6.92 Å². The molecular weight excluding hydrogens is 142 g/mol. The van der Waals surface area contributed by atoms with E-state index >= 15 is 0 Å². The van der Waals surface area contributed by atoms with E-state index in [-0.39, 0.29) is 0 Å². The first-order valence-corrected chi connectivity index (χ1v) is 3.53. The number of hydrogen-bond donors (Lipinski definition) is 2. The Morgan fingerprint density at radius 1 is 1.73 bits per heavy atom. The quantitative estimate of drug-likeness (QED) is 0.645. The largest absolute Gasteiger partial charge is 0.458 e. The number of aromatic nitrogens is 2. The maximum absolute atomic E-state index is 5.57. The van der Waals surface area contributed by atoms with Gasteiger partial charge in [-0.2, -0.15) is 5.10 Å². The highest BCUT2D eigenvalue weighted by Gasteiger charge is 2.09. The summed E-state index contributed by atoms with van der Waals surface area (Å²) >= 11 is 0. The fraction of sp³-hybridized carbons (Fsp3) is 0.286. The van der Waals surface area contributed by atoms with E-state index in [9.17, 15) is 0 Å². The van der Waals surface area contributed by atoms with Crippen molar-refractivity contribution in [1.82, 2.24) is 10.2 Å². The number of aryl methyl sites for hydroxylation is 1. The second-order valence-corrected chi connectivity index (χ2v) is 2.42. The van der Waals surface area contributed by atoms with Crippen molar-refractivity contribution in [3.8, 4) is 0 Å². The first-order chi connectivity index (χ1) is 5.33. The minimum atomic E-state index is 0.593. The minimum absolute atomic E-state index is 0.593. The molecular formula is C7H9N3O. The van der Waals surface area contributed by atoms with Crippen LogP contribution in [0.1, 0.15) is 12.6 Å². The molecule has 0 spiro atoms. The van der Waals surface area contributed by atoms with Gasteiger partial charge in [-0.15, -0.1) is 0 Å². The lowest BCUT2D eigenvalue weighted by molar-refractivity contribution is 0.611. The molecule has 2 aromatic heterocycles. The van der Waals surface area contributed by atoms with Crippen LogP contribution in [0.2, 0.25) is 0 Å². The summed E-state index contributed by atoms with van der Waals surface area (Å²) in [5.41, 5.74) is 8.68. The average molecular weight is 151 g/mol. The second kappa shape index (κ2) is 2.02. The van der Waals surface area contributed by atoms with Crippen molar-refractivity contribution in [3.63, 3.8) is 0 Å². The summed E-state index contributed by atoms with van der Waals surface area (Å²) in [6.07, 6.45) is 2.40. The summed E-state index contributed by atoms with van der Waals surface area (Å²) in [6, 6.07) is 0. The van der Waals surface area contributed by atoms with Crippen molar-refractivity contribution in [3.05, 3.63) is 12.0 Å². The number of fused-ring (bicyclic) bond motifs is 1. The van der Waals surface area contributed by atoms with Crippen molar-refractivity contribution in [1.29, 1.82) is 0 Å². The normalized spacial score (nSPS) is 11.0. The van der Waals surface area contributed by atoms with Crippen LogP contribution in [0.5, 0.6) is 0 Å². The molecule has 0 aliphatic rings. The third-order valence-electron chi connectivity index (χ3n) is 1.72. The number of anilines is 1. The number of rotatable bonds is 1. The van der Waals surface area contributed by atoms with Crippen LogP contribution in [0.4, 0.5) is 5.69 Å². The summed E-state index contributed by atoms with van der Waals surface area (Å²) in [7, 11) is 0. The fourth-order valence-corrected chi connectivity index (χ4v) is 1.11. The smallest absolute Gasteiger partial charge is 0.177 e. The molecule has 2 rings (SSSR count). The molecule has 4 nitrogen and oxygen atoms in total. The molecule has 0 fully saturated rings. The molecule has 0 bridgehead atoms. The van der Waals surface area contributed by atoms with Crippen molar-refractivity contribution < 1.29 is 4.42 Å². The first-order valence-electron chi connectivity index (χ1n) is 3.53. The topological polar surface area (TPSA) is 67.8 Å². The van der Waals surface area contributed by atoms with E-state index in [0.717, 1.165) is 23.2 Å². The average Bonchev–Trinajstić information content (AvgIpc) is 2.53. The summed E-state index contributed by atoms with van der Waals surface area (Å²) in [6.45, 7) is 2.03. The zero-order valence-electron chi connectivity index (χ0n) is 6.22. The molecule has 0 unspecified atom stereocenters. The molecule has 2 aromatic rings. The van der Waals surface area contributed by atoms with Gasteiger partial charge in [0.05, 0.1) is 11.4 Å². The van der Waals surface area contributed by atoms with E-state index in [1.807, 2.05) is 6.92 Å². The number of nitrogens with one attached hydrogen (secondary N) is 1. The molecule has 0 aliphatic carbocycles. The molecule has 0 saturated heterocycles. The Morgan fingerprint density at radius 3 is 3.27 bits per heavy atom. The molecule has 11 heavy (non-hydrogen) atoms. The lowest BCUT2D eigenvalue weighted by Crippen LogP contribution is -1.80. The Balaban J connectivity index is 2.77. The van der Waals surface area contributed by atoms with Gasteiger partial charge in [-0.3, -0.25) is 5.10 Å². The Hall–Kier alpha value is -1.45. The molecule has 2 heterocycles.